The highest BCUT2D eigenvalue weighted by Crippen LogP contribution is 2.39. The number of benzene rings is 9. The van der Waals surface area contributed by atoms with E-state index in [-0.39, 0.29) is 0 Å². The van der Waals surface area contributed by atoms with Crippen molar-refractivity contribution in [2.75, 3.05) is 0 Å². The normalized spacial score (nSPS) is 11.9. The van der Waals surface area contributed by atoms with Crippen molar-refractivity contribution >= 4 is 72.4 Å². The van der Waals surface area contributed by atoms with Crippen molar-refractivity contribution in [1.82, 2.24) is 9.13 Å². The van der Waals surface area contributed by atoms with E-state index in [0.29, 0.717) is 0 Å². The van der Waals surface area contributed by atoms with Crippen molar-refractivity contribution in [1.29, 1.82) is 0 Å². The summed E-state index contributed by atoms with van der Waals surface area (Å²) < 4.78 is 4.96. The molecule has 0 radical (unpaired) electrons. The van der Waals surface area contributed by atoms with Crippen LogP contribution in [0.4, 0.5) is 0 Å². The van der Waals surface area contributed by atoms with E-state index in [1.807, 2.05) is 0 Å². The van der Waals surface area contributed by atoms with E-state index in [1.54, 1.807) is 0 Å². The molecule has 0 atom stereocenters. The Labute approximate surface area is 339 Å². The lowest BCUT2D eigenvalue weighted by molar-refractivity contribution is 1.17. The average Bonchev–Trinajstić information content (AvgIpc) is 3.80. The molecule has 0 saturated heterocycles. The van der Waals surface area contributed by atoms with Gasteiger partial charge in [-0.1, -0.05) is 181 Å². The molecule has 3 heteroatoms. The SMILES string of the molecule is Cc1ccc2c(c1)c1ccccc1n2-c1ccc2c(c1)c1ccccc1n2-c1cc([Si](c2ccccc2)(c2ccccc2)c2ccccc2)ccc1-c1ccccc1. The topological polar surface area (TPSA) is 9.86 Å². The van der Waals surface area contributed by atoms with E-state index < -0.39 is 8.07 Å². The lowest BCUT2D eigenvalue weighted by Crippen LogP contribution is -2.74. The number of para-hydroxylation sites is 2. The predicted molar refractivity (Wildman–Crippen MR) is 249 cm³/mol. The molecule has 0 aliphatic heterocycles. The van der Waals surface area contributed by atoms with Gasteiger partial charge < -0.3 is 9.13 Å². The monoisotopic (exact) mass is 756 g/mol. The van der Waals surface area contributed by atoms with Crippen LogP contribution in [0, 0.1) is 6.92 Å². The summed E-state index contributed by atoms with van der Waals surface area (Å²) in [5.74, 6) is 0. The molecular formula is C55H40N2Si. The first-order chi connectivity index (χ1) is 28.7. The van der Waals surface area contributed by atoms with Gasteiger partial charge >= 0.3 is 0 Å². The minimum Gasteiger partial charge on any atom is -0.309 e. The van der Waals surface area contributed by atoms with Gasteiger partial charge in [0.25, 0.3) is 0 Å². The summed E-state index contributed by atoms with van der Waals surface area (Å²) in [6, 6.07) is 83.5. The van der Waals surface area contributed by atoms with Gasteiger partial charge in [-0.05, 0) is 81.8 Å². The van der Waals surface area contributed by atoms with Crippen molar-refractivity contribution in [2.24, 2.45) is 0 Å². The molecule has 11 aromatic rings. The number of hydrogen-bond donors (Lipinski definition) is 0. The van der Waals surface area contributed by atoms with Gasteiger partial charge in [0.15, 0.2) is 8.07 Å². The molecule has 58 heavy (non-hydrogen) atoms. The van der Waals surface area contributed by atoms with Gasteiger partial charge in [0.1, 0.15) is 0 Å². The maximum absolute atomic E-state index is 2.82. The quantitative estimate of drug-likeness (QED) is 0.113. The van der Waals surface area contributed by atoms with Crippen LogP contribution in [0.1, 0.15) is 5.56 Å². The second-order valence-electron chi connectivity index (χ2n) is 15.4. The van der Waals surface area contributed by atoms with Crippen LogP contribution in [0.2, 0.25) is 0 Å². The van der Waals surface area contributed by atoms with Crippen molar-refractivity contribution in [3.8, 4) is 22.5 Å². The van der Waals surface area contributed by atoms with Crippen LogP contribution < -0.4 is 20.7 Å². The molecule has 0 unspecified atom stereocenters. The summed E-state index contributed by atoms with van der Waals surface area (Å²) in [5.41, 5.74) is 10.8. The molecule has 0 spiro atoms. The van der Waals surface area contributed by atoms with Crippen molar-refractivity contribution < 1.29 is 0 Å². The van der Waals surface area contributed by atoms with E-state index in [9.17, 15) is 0 Å². The molecule has 11 rings (SSSR count). The van der Waals surface area contributed by atoms with Gasteiger partial charge in [0.05, 0.1) is 27.8 Å². The molecule has 9 aromatic carbocycles. The molecule has 0 N–H and O–H groups in total. The van der Waals surface area contributed by atoms with Crippen molar-refractivity contribution in [2.45, 2.75) is 6.92 Å². The molecule has 274 valence electrons. The summed E-state index contributed by atoms with van der Waals surface area (Å²) in [6.45, 7) is 2.18. The molecule has 0 aliphatic rings. The predicted octanol–water partition coefficient (Wildman–Crippen LogP) is 11.2. The van der Waals surface area contributed by atoms with Crippen LogP contribution in [-0.2, 0) is 0 Å². The van der Waals surface area contributed by atoms with E-state index >= 15 is 0 Å². The molecule has 0 amide bonds. The third kappa shape index (κ3) is 5.24. The minimum absolute atomic E-state index is 1.16. The molecule has 0 saturated carbocycles. The standard InChI is InChI=1S/C55H40N2Si/c1-39-30-34-53-49(36-39)47-26-14-16-28-51(47)56(53)41-31-35-54-50(37-41)48-27-15-17-29-52(48)57(54)55-38-45(32-33-46(55)40-18-6-2-7-19-40)58(42-20-8-3-9-21-42,43-22-10-4-11-23-43)44-24-12-5-13-25-44/h2-38H,1H3. The summed E-state index contributed by atoms with van der Waals surface area (Å²) in [6.07, 6.45) is 0. The number of nitrogens with zero attached hydrogens (tertiary/aromatic N) is 2. The lowest BCUT2D eigenvalue weighted by Gasteiger charge is -2.35. The van der Waals surface area contributed by atoms with Gasteiger partial charge in [0.2, 0.25) is 0 Å². The Kier molecular flexibility index (Phi) is 8.09. The van der Waals surface area contributed by atoms with E-state index in [0.717, 1.165) is 5.69 Å². The molecular weight excluding hydrogens is 717 g/mol. The zero-order chi connectivity index (χ0) is 38.6. The Morgan fingerprint density at radius 3 is 1.40 bits per heavy atom. The van der Waals surface area contributed by atoms with Crippen LogP contribution in [0.3, 0.4) is 0 Å². The molecule has 0 aliphatic carbocycles. The average molecular weight is 757 g/mol. The number of hydrogen-bond acceptors (Lipinski definition) is 0. The van der Waals surface area contributed by atoms with E-state index in [2.05, 4.69) is 241 Å². The van der Waals surface area contributed by atoms with E-state index in [1.165, 1.54) is 86.7 Å². The zero-order valence-electron chi connectivity index (χ0n) is 32.3. The fourth-order valence-electron chi connectivity index (χ4n) is 9.60. The van der Waals surface area contributed by atoms with Gasteiger partial charge in [-0.15, -0.1) is 0 Å². The molecule has 0 bridgehead atoms. The van der Waals surface area contributed by atoms with Gasteiger partial charge in [-0.25, -0.2) is 0 Å². The van der Waals surface area contributed by atoms with Crippen molar-refractivity contribution in [3.63, 3.8) is 0 Å². The third-order valence-electron chi connectivity index (χ3n) is 12.1. The fourth-order valence-corrected chi connectivity index (χ4v) is 14.4. The fraction of sp³-hybridized carbons (Fsp3) is 0.0182. The van der Waals surface area contributed by atoms with Crippen LogP contribution in [0.15, 0.2) is 224 Å². The summed E-state index contributed by atoms with van der Waals surface area (Å²) in [7, 11) is -2.82. The second-order valence-corrected chi connectivity index (χ2v) is 19.2. The Balaban J connectivity index is 1.23. The summed E-state index contributed by atoms with van der Waals surface area (Å²) in [4.78, 5) is 0. The molecule has 2 heterocycles. The number of aromatic nitrogens is 2. The largest absolute Gasteiger partial charge is 0.309 e. The molecule has 0 fully saturated rings. The first-order valence-corrected chi connectivity index (χ1v) is 22.1. The highest BCUT2D eigenvalue weighted by molar-refractivity contribution is 7.19. The van der Waals surface area contributed by atoms with Crippen LogP contribution >= 0.6 is 0 Å². The summed E-state index contributed by atoms with van der Waals surface area (Å²) in [5, 5.41) is 10.4. The number of aryl methyl sites for hydroxylation is 1. The lowest BCUT2D eigenvalue weighted by atomic mass is 10.0. The second kappa shape index (κ2) is 13.8. The van der Waals surface area contributed by atoms with Gasteiger partial charge in [-0.2, -0.15) is 0 Å². The Hall–Kier alpha value is -7.20. The summed E-state index contributed by atoms with van der Waals surface area (Å²) >= 11 is 0. The van der Waals surface area contributed by atoms with Crippen LogP contribution in [0.5, 0.6) is 0 Å². The Morgan fingerprint density at radius 2 is 0.793 bits per heavy atom. The van der Waals surface area contributed by atoms with E-state index in [4.69, 9.17) is 0 Å². The van der Waals surface area contributed by atoms with Crippen LogP contribution in [0.25, 0.3) is 66.1 Å². The number of rotatable bonds is 7. The Bertz CT molecular complexity index is 3180. The van der Waals surface area contributed by atoms with Gasteiger partial charge in [-0.3, -0.25) is 0 Å². The number of fused-ring (bicyclic) bond motifs is 6. The first-order valence-electron chi connectivity index (χ1n) is 20.1. The maximum Gasteiger partial charge on any atom is 0.179 e. The smallest absolute Gasteiger partial charge is 0.179 e. The third-order valence-corrected chi connectivity index (χ3v) is 16.9. The maximum atomic E-state index is 2.52. The highest BCUT2D eigenvalue weighted by Gasteiger charge is 2.41. The Morgan fingerprint density at radius 1 is 0.328 bits per heavy atom. The minimum atomic E-state index is -2.82. The highest BCUT2D eigenvalue weighted by atomic mass is 28.3. The van der Waals surface area contributed by atoms with Crippen LogP contribution in [-0.4, -0.2) is 17.2 Å². The van der Waals surface area contributed by atoms with Gasteiger partial charge in [0, 0.05) is 32.8 Å². The van der Waals surface area contributed by atoms with Crippen molar-refractivity contribution in [3.05, 3.63) is 230 Å². The molecule has 2 aromatic heterocycles. The molecule has 2 nitrogen and oxygen atoms in total. The zero-order valence-corrected chi connectivity index (χ0v) is 33.3. The first kappa shape index (κ1) is 34.1.